The number of aromatic nitrogens is 4. The van der Waals surface area contributed by atoms with Crippen LogP contribution in [0.3, 0.4) is 0 Å². The number of nitrogen functional groups attached to an aromatic ring is 1. The number of carboxylic acid groups (broad SMARTS) is 1. The Morgan fingerprint density at radius 1 is 1.52 bits per heavy atom. The zero-order chi connectivity index (χ0) is 24.1. The zero-order valence-corrected chi connectivity index (χ0v) is 19.4. The highest BCUT2D eigenvalue weighted by Gasteiger charge is 2.61. The zero-order valence-electron chi connectivity index (χ0n) is 18.5. The number of fused-ring (bicyclic) bond motifs is 2. The van der Waals surface area contributed by atoms with Gasteiger partial charge in [0.2, 0.25) is 11.8 Å². The van der Waals surface area contributed by atoms with Crippen LogP contribution in [0.5, 0.6) is 5.88 Å². The molecular formula is C18H26FN6O7P. The van der Waals surface area contributed by atoms with Gasteiger partial charge < -0.3 is 20.3 Å². The molecule has 0 radical (unpaired) electrons. The number of rotatable bonds is 7. The van der Waals surface area contributed by atoms with Gasteiger partial charge in [0.15, 0.2) is 23.1 Å². The van der Waals surface area contributed by atoms with Crippen molar-refractivity contribution >= 4 is 30.8 Å². The molecule has 0 spiro atoms. The summed E-state index contributed by atoms with van der Waals surface area (Å²) in [6.45, 7) is 6.30. The van der Waals surface area contributed by atoms with Gasteiger partial charge in [0.05, 0.1) is 19.5 Å². The molecule has 2 aromatic rings. The Morgan fingerprint density at radius 2 is 2.24 bits per heavy atom. The highest BCUT2D eigenvalue weighted by Crippen LogP contribution is 2.57. The second-order valence-corrected chi connectivity index (χ2v) is 10.1. The number of ether oxygens (including phenoxy) is 2. The Bertz CT molecular complexity index is 1110. The number of aliphatic carboxylic acids is 1. The van der Waals surface area contributed by atoms with Gasteiger partial charge in [-0.3, -0.25) is 18.4 Å². The minimum absolute atomic E-state index is 0.0923. The molecule has 0 bridgehead atoms. The minimum Gasteiger partial charge on any atom is -0.480 e. The summed E-state index contributed by atoms with van der Waals surface area (Å²) in [5.41, 5.74) is 4.02. The van der Waals surface area contributed by atoms with Crippen LogP contribution in [-0.4, -0.2) is 67.7 Å². The number of hydrogen-bond acceptors (Lipinski definition) is 10. The van der Waals surface area contributed by atoms with Crippen molar-refractivity contribution in [2.45, 2.75) is 57.8 Å². The number of nitrogens with one attached hydrogen (secondary N) is 1. The first-order chi connectivity index (χ1) is 15.5. The van der Waals surface area contributed by atoms with Crippen LogP contribution >= 0.6 is 7.75 Å². The van der Waals surface area contributed by atoms with Crippen LogP contribution in [0.1, 0.15) is 33.9 Å². The number of hydrogen-bond donors (Lipinski definition) is 3. The normalized spacial score (nSPS) is 32.7. The molecule has 2 aliphatic heterocycles. The van der Waals surface area contributed by atoms with Gasteiger partial charge >= 0.3 is 13.7 Å². The quantitative estimate of drug-likeness (QED) is 0.482. The van der Waals surface area contributed by atoms with Crippen LogP contribution in [0.15, 0.2) is 6.33 Å². The third kappa shape index (κ3) is 4.17. The highest BCUT2D eigenvalue weighted by atomic mass is 31.2. The van der Waals surface area contributed by atoms with Crippen molar-refractivity contribution in [1.82, 2.24) is 24.6 Å². The predicted molar refractivity (Wildman–Crippen MR) is 112 cm³/mol. The van der Waals surface area contributed by atoms with E-state index in [0.717, 1.165) is 0 Å². The third-order valence-electron chi connectivity index (χ3n) is 5.51. The average Bonchev–Trinajstić information content (AvgIpc) is 3.24. The molecule has 182 valence electrons. The Morgan fingerprint density at radius 3 is 2.88 bits per heavy atom. The van der Waals surface area contributed by atoms with Crippen molar-refractivity contribution in [2.75, 3.05) is 18.9 Å². The van der Waals surface area contributed by atoms with E-state index in [-0.39, 0.29) is 29.6 Å². The Hall–Kier alpha value is -2.38. The fraction of sp³-hybridized carbons (Fsp3) is 0.667. The van der Waals surface area contributed by atoms with Crippen molar-refractivity contribution in [1.29, 1.82) is 0 Å². The van der Waals surface area contributed by atoms with Gasteiger partial charge in [-0.1, -0.05) is 13.8 Å². The summed E-state index contributed by atoms with van der Waals surface area (Å²) in [6, 6.07) is -1.22. The summed E-state index contributed by atoms with van der Waals surface area (Å²) in [7, 11) is -4.14. The molecule has 13 nitrogen and oxygen atoms in total. The van der Waals surface area contributed by atoms with Crippen LogP contribution in [0.25, 0.3) is 11.2 Å². The van der Waals surface area contributed by atoms with E-state index >= 15 is 4.39 Å². The van der Waals surface area contributed by atoms with E-state index in [4.69, 9.17) is 24.3 Å². The first-order valence-corrected chi connectivity index (χ1v) is 11.9. The van der Waals surface area contributed by atoms with E-state index < -0.39 is 49.8 Å². The summed E-state index contributed by atoms with van der Waals surface area (Å²) in [6.07, 6.45) is -2.20. The molecule has 4 heterocycles. The highest BCUT2D eigenvalue weighted by molar-refractivity contribution is 7.51. The lowest BCUT2D eigenvalue weighted by Crippen LogP contribution is -2.48. The summed E-state index contributed by atoms with van der Waals surface area (Å²) in [5, 5.41) is 11.8. The molecule has 2 unspecified atom stereocenters. The first kappa shape index (κ1) is 23.8. The molecule has 0 aliphatic carbocycles. The van der Waals surface area contributed by atoms with Gasteiger partial charge in [0, 0.05) is 0 Å². The topological polar surface area (TPSA) is 173 Å². The van der Waals surface area contributed by atoms with Crippen molar-refractivity contribution in [2.24, 2.45) is 5.92 Å². The number of halogens is 1. The average molecular weight is 488 g/mol. The lowest BCUT2D eigenvalue weighted by Gasteiger charge is -2.35. The molecule has 0 aromatic carbocycles. The Balaban J connectivity index is 1.64. The molecule has 0 amide bonds. The van der Waals surface area contributed by atoms with Gasteiger partial charge in [-0.2, -0.15) is 9.97 Å². The van der Waals surface area contributed by atoms with E-state index in [9.17, 15) is 14.5 Å². The smallest absolute Gasteiger partial charge is 0.406 e. The maximum absolute atomic E-state index is 16.1. The number of nitrogens with zero attached hydrogens (tertiary/aromatic N) is 4. The molecule has 6 atom stereocenters. The molecule has 15 heteroatoms. The van der Waals surface area contributed by atoms with Crippen molar-refractivity contribution in [3.63, 3.8) is 0 Å². The molecular weight excluding hydrogens is 462 g/mol. The third-order valence-corrected chi connectivity index (χ3v) is 7.10. The molecule has 2 aromatic heterocycles. The molecule has 2 aliphatic rings. The predicted octanol–water partition coefficient (Wildman–Crippen LogP) is 1.66. The van der Waals surface area contributed by atoms with Gasteiger partial charge in [-0.15, -0.1) is 0 Å². The molecule has 4 N–H and O–H groups in total. The second kappa shape index (κ2) is 8.44. The molecule has 0 saturated carbocycles. The van der Waals surface area contributed by atoms with E-state index in [0.29, 0.717) is 6.61 Å². The first-order valence-electron chi connectivity index (χ1n) is 10.4. The molecule has 2 fully saturated rings. The van der Waals surface area contributed by atoms with Gasteiger partial charge in [0.25, 0.3) is 0 Å². The SMILES string of the molecule is CCOc1nc(N)nc2c1ncn2[C@@H]1O[C@@H]2COP(=O)(NC(C(=O)O)C(C)C)O[C@H]2[C@@]1(C)F. The summed E-state index contributed by atoms with van der Waals surface area (Å²) in [5.74, 6) is -1.60. The second-order valence-electron chi connectivity index (χ2n) is 8.33. The summed E-state index contributed by atoms with van der Waals surface area (Å²) in [4.78, 5) is 23.9. The fourth-order valence-electron chi connectivity index (χ4n) is 3.90. The summed E-state index contributed by atoms with van der Waals surface area (Å²) >= 11 is 0. The fourth-order valence-corrected chi connectivity index (χ4v) is 5.83. The minimum atomic E-state index is -4.14. The Labute approximate surface area is 188 Å². The number of carbonyl (C=O) groups is 1. The lowest BCUT2D eigenvalue weighted by molar-refractivity contribution is -0.140. The molecule has 4 rings (SSSR count). The number of carboxylic acids is 1. The number of alkyl halides is 1. The van der Waals surface area contributed by atoms with E-state index in [2.05, 4.69) is 20.0 Å². The van der Waals surface area contributed by atoms with Crippen LogP contribution in [0.4, 0.5) is 10.3 Å². The number of imidazole rings is 1. The largest absolute Gasteiger partial charge is 0.480 e. The van der Waals surface area contributed by atoms with Crippen molar-refractivity contribution < 1.29 is 37.4 Å². The van der Waals surface area contributed by atoms with Crippen LogP contribution in [0, 0.1) is 5.92 Å². The number of anilines is 1. The van der Waals surface area contributed by atoms with Gasteiger partial charge in [-0.25, -0.2) is 19.0 Å². The maximum atomic E-state index is 16.1. The lowest BCUT2D eigenvalue weighted by atomic mass is 9.98. The molecule has 33 heavy (non-hydrogen) atoms. The Kier molecular flexibility index (Phi) is 6.08. The van der Waals surface area contributed by atoms with Crippen molar-refractivity contribution in [3.05, 3.63) is 6.33 Å². The maximum Gasteiger partial charge on any atom is 0.406 e. The van der Waals surface area contributed by atoms with Gasteiger partial charge in [-0.05, 0) is 19.8 Å². The standard InChI is InChI=1S/C18H26FN6O7P/c1-5-29-14-11-13(22-17(20)23-14)25(7-21-11)16-18(4,19)12-9(31-16)6-30-33(28,32-12)24-10(8(2)3)15(26)27/h7-10,12,16H,5-6H2,1-4H3,(H,24,28)(H,26,27)(H2,20,22,23)/t9-,10?,12-,16-,18-,33?/m1/s1. The van der Waals surface area contributed by atoms with Crippen LogP contribution < -0.4 is 15.6 Å². The van der Waals surface area contributed by atoms with E-state index in [1.165, 1.54) is 17.8 Å². The monoisotopic (exact) mass is 488 g/mol. The van der Waals surface area contributed by atoms with Crippen LogP contribution in [0.2, 0.25) is 0 Å². The van der Waals surface area contributed by atoms with Crippen molar-refractivity contribution in [3.8, 4) is 5.88 Å². The van der Waals surface area contributed by atoms with E-state index in [1.54, 1.807) is 20.8 Å². The summed E-state index contributed by atoms with van der Waals surface area (Å²) < 4.78 is 52.7. The van der Waals surface area contributed by atoms with Crippen LogP contribution in [-0.2, 0) is 23.1 Å². The molecule has 2 saturated heterocycles. The van der Waals surface area contributed by atoms with Gasteiger partial charge in [0.1, 0.15) is 18.2 Å². The van der Waals surface area contributed by atoms with E-state index in [1.807, 2.05) is 0 Å². The number of nitrogens with two attached hydrogens (primary N) is 1.